The van der Waals surface area contributed by atoms with Gasteiger partial charge in [0.1, 0.15) is 17.6 Å². The maximum atomic E-state index is 13.9. The number of fused-ring (bicyclic) bond motifs is 2. The topological polar surface area (TPSA) is 105 Å². The summed E-state index contributed by atoms with van der Waals surface area (Å²) in [6, 6.07) is 12.0. The molecule has 2 fully saturated rings. The molecule has 0 spiro atoms. The summed E-state index contributed by atoms with van der Waals surface area (Å²) in [4.78, 5) is 21.4. The zero-order chi connectivity index (χ0) is 23.2. The fraction of sp³-hybridized carbons (Fsp3) is 0.385. The van der Waals surface area contributed by atoms with Crippen molar-refractivity contribution < 1.29 is 9.18 Å². The van der Waals surface area contributed by atoms with E-state index >= 15 is 0 Å². The van der Waals surface area contributed by atoms with Crippen LogP contribution in [0.15, 0.2) is 48.8 Å². The predicted molar refractivity (Wildman–Crippen MR) is 124 cm³/mol. The maximum absolute atomic E-state index is 13.9. The van der Waals surface area contributed by atoms with Crippen molar-refractivity contribution in [1.82, 2.24) is 9.97 Å². The average molecular weight is 444 g/mol. The summed E-state index contributed by atoms with van der Waals surface area (Å²) in [5.74, 6) is 0.999. The number of hydrogen-bond donors (Lipinski definition) is 2. The molecule has 0 radical (unpaired) electrons. The largest absolute Gasteiger partial charge is 0.323 e. The molecule has 0 saturated heterocycles. The van der Waals surface area contributed by atoms with E-state index in [1.807, 2.05) is 25.3 Å². The maximum Gasteiger partial charge on any atom is 0.244 e. The zero-order valence-electron chi connectivity index (χ0n) is 18.5. The van der Waals surface area contributed by atoms with Gasteiger partial charge in [0.05, 0.1) is 22.9 Å². The summed E-state index contributed by atoms with van der Waals surface area (Å²) >= 11 is 0. The molecule has 3 N–H and O–H groups in total. The quantitative estimate of drug-likeness (QED) is 0.617. The van der Waals surface area contributed by atoms with Gasteiger partial charge in [-0.25, -0.2) is 9.37 Å². The average Bonchev–Trinajstić information content (AvgIpc) is 3.39. The number of nitrogens with two attached hydrogens (primary N) is 1. The molecule has 2 aliphatic rings. The van der Waals surface area contributed by atoms with Crippen molar-refractivity contribution in [1.29, 1.82) is 5.26 Å². The Bertz CT molecular complexity index is 1240. The standard InChI is InChI=1S/C26H26FN5O/c1-26(29,25(33)32-21-4-3-20(13-28)31-14-21)18-10-15-8-17(9-16(15)11-18)22-6-7-30-24-5-2-19(27)12-23(22)24/h2-7,12,14-18H,8-11,29H2,1H3,(H,32,33)/t15-,16+,17?,18?,26?. The Morgan fingerprint density at radius 1 is 1.15 bits per heavy atom. The third-order valence-electron chi connectivity index (χ3n) is 7.67. The van der Waals surface area contributed by atoms with E-state index in [1.54, 1.807) is 24.3 Å². The lowest BCUT2D eigenvalue weighted by atomic mass is 9.81. The Morgan fingerprint density at radius 3 is 2.58 bits per heavy atom. The predicted octanol–water partition coefficient (Wildman–Crippen LogP) is 4.52. The van der Waals surface area contributed by atoms with Crippen LogP contribution in [0.25, 0.3) is 10.9 Å². The van der Waals surface area contributed by atoms with E-state index in [0.29, 0.717) is 29.1 Å². The van der Waals surface area contributed by atoms with Gasteiger partial charge in [0.25, 0.3) is 0 Å². The van der Waals surface area contributed by atoms with Gasteiger partial charge in [0.15, 0.2) is 0 Å². The first-order chi connectivity index (χ1) is 15.8. The highest BCUT2D eigenvalue weighted by Crippen LogP contribution is 2.55. The van der Waals surface area contributed by atoms with Gasteiger partial charge in [-0.3, -0.25) is 9.78 Å². The third-order valence-corrected chi connectivity index (χ3v) is 7.67. The number of benzene rings is 1. The summed E-state index contributed by atoms with van der Waals surface area (Å²) in [6.07, 6.45) is 7.14. The molecule has 5 atom stereocenters. The molecule has 0 bridgehead atoms. The number of carbonyl (C=O) groups is 1. The van der Waals surface area contributed by atoms with Crippen molar-refractivity contribution in [3.05, 3.63) is 65.9 Å². The lowest BCUT2D eigenvalue weighted by Crippen LogP contribution is -2.53. The number of amides is 1. The Labute approximate surface area is 192 Å². The molecule has 2 aromatic heterocycles. The highest BCUT2D eigenvalue weighted by molar-refractivity contribution is 5.97. The second kappa shape index (κ2) is 8.20. The number of nitrogens with zero attached hydrogens (tertiary/aromatic N) is 3. The first-order valence-corrected chi connectivity index (χ1v) is 11.4. The molecule has 2 heterocycles. The van der Waals surface area contributed by atoms with Crippen LogP contribution in [-0.4, -0.2) is 21.4 Å². The van der Waals surface area contributed by atoms with E-state index in [9.17, 15) is 9.18 Å². The fourth-order valence-corrected chi connectivity index (χ4v) is 5.84. The Morgan fingerprint density at radius 2 is 1.91 bits per heavy atom. The van der Waals surface area contributed by atoms with Gasteiger partial charge in [0, 0.05) is 11.6 Å². The number of pyridine rings is 2. The molecule has 0 aliphatic heterocycles. The van der Waals surface area contributed by atoms with Crippen molar-refractivity contribution in [2.24, 2.45) is 23.5 Å². The van der Waals surface area contributed by atoms with Crippen LogP contribution in [0.5, 0.6) is 0 Å². The van der Waals surface area contributed by atoms with Crippen LogP contribution >= 0.6 is 0 Å². The number of halogens is 1. The molecule has 6 nitrogen and oxygen atoms in total. The van der Waals surface area contributed by atoms with E-state index < -0.39 is 5.54 Å². The first kappa shape index (κ1) is 21.5. The van der Waals surface area contributed by atoms with Crippen LogP contribution in [0.2, 0.25) is 0 Å². The summed E-state index contributed by atoms with van der Waals surface area (Å²) < 4.78 is 13.9. The Hall–Kier alpha value is -3.37. The van der Waals surface area contributed by atoms with Crippen LogP contribution in [0.3, 0.4) is 0 Å². The molecule has 1 aromatic carbocycles. The normalized spacial score (nSPS) is 25.9. The SMILES string of the molecule is CC(N)(C(=O)Nc1ccc(C#N)nc1)C1C[C@H]2CC(c3ccnc4ccc(F)cc34)C[C@H]2C1. The minimum Gasteiger partial charge on any atom is -0.323 e. The number of anilines is 1. The van der Waals surface area contributed by atoms with E-state index in [-0.39, 0.29) is 17.6 Å². The van der Waals surface area contributed by atoms with Gasteiger partial charge < -0.3 is 11.1 Å². The molecule has 2 saturated carbocycles. The van der Waals surface area contributed by atoms with Crippen molar-refractivity contribution in [2.75, 3.05) is 5.32 Å². The number of carbonyl (C=O) groups excluding carboxylic acids is 1. The molecule has 3 unspecified atom stereocenters. The fourth-order valence-electron chi connectivity index (χ4n) is 5.84. The number of nitriles is 1. The van der Waals surface area contributed by atoms with Crippen molar-refractivity contribution >= 4 is 22.5 Å². The molecule has 2 aliphatic carbocycles. The van der Waals surface area contributed by atoms with Gasteiger partial charge >= 0.3 is 0 Å². The van der Waals surface area contributed by atoms with Crippen LogP contribution in [-0.2, 0) is 4.79 Å². The highest BCUT2D eigenvalue weighted by Gasteiger charge is 2.49. The molecule has 5 rings (SSSR count). The van der Waals surface area contributed by atoms with E-state index in [1.165, 1.54) is 17.8 Å². The van der Waals surface area contributed by atoms with E-state index in [0.717, 1.165) is 36.6 Å². The molecule has 7 heteroatoms. The van der Waals surface area contributed by atoms with Crippen molar-refractivity contribution in [2.45, 2.75) is 44.1 Å². The van der Waals surface area contributed by atoms with Gasteiger partial charge in [-0.15, -0.1) is 0 Å². The molecule has 33 heavy (non-hydrogen) atoms. The van der Waals surface area contributed by atoms with Crippen LogP contribution < -0.4 is 11.1 Å². The van der Waals surface area contributed by atoms with E-state index in [4.69, 9.17) is 11.0 Å². The van der Waals surface area contributed by atoms with E-state index in [2.05, 4.69) is 15.3 Å². The Kier molecular flexibility index (Phi) is 5.34. The molecular formula is C26H26FN5O. The van der Waals surface area contributed by atoms with Crippen molar-refractivity contribution in [3.63, 3.8) is 0 Å². The number of nitrogens with one attached hydrogen (secondary N) is 1. The number of hydrogen-bond acceptors (Lipinski definition) is 5. The summed E-state index contributed by atoms with van der Waals surface area (Å²) in [5.41, 5.74) is 8.41. The smallest absolute Gasteiger partial charge is 0.244 e. The minimum absolute atomic E-state index is 0.0893. The molecule has 168 valence electrons. The summed E-state index contributed by atoms with van der Waals surface area (Å²) in [7, 11) is 0. The lowest BCUT2D eigenvalue weighted by molar-refractivity contribution is -0.122. The molecular weight excluding hydrogens is 417 g/mol. The third kappa shape index (κ3) is 3.96. The van der Waals surface area contributed by atoms with Crippen LogP contribution in [0, 0.1) is 34.9 Å². The molecule has 3 aromatic rings. The van der Waals surface area contributed by atoms with Crippen LogP contribution in [0.1, 0.15) is 49.8 Å². The van der Waals surface area contributed by atoms with Crippen molar-refractivity contribution in [3.8, 4) is 6.07 Å². The van der Waals surface area contributed by atoms with Gasteiger partial charge in [-0.1, -0.05) is 0 Å². The number of aromatic nitrogens is 2. The Balaban J connectivity index is 1.27. The second-order valence-electron chi connectivity index (χ2n) is 9.70. The molecule has 1 amide bonds. The number of rotatable bonds is 4. The summed E-state index contributed by atoms with van der Waals surface area (Å²) in [5, 5.41) is 12.6. The lowest BCUT2D eigenvalue weighted by Gasteiger charge is -2.31. The van der Waals surface area contributed by atoms with Gasteiger partial charge in [0.2, 0.25) is 5.91 Å². The monoisotopic (exact) mass is 443 g/mol. The van der Waals surface area contributed by atoms with Gasteiger partial charge in [-0.05, 0) is 98.2 Å². The zero-order valence-corrected chi connectivity index (χ0v) is 18.5. The minimum atomic E-state index is -1.000. The second-order valence-corrected chi connectivity index (χ2v) is 9.70. The van der Waals surface area contributed by atoms with Gasteiger partial charge in [-0.2, -0.15) is 5.26 Å². The summed E-state index contributed by atoms with van der Waals surface area (Å²) in [6.45, 7) is 1.81. The van der Waals surface area contributed by atoms with Crippen LogP contribution in [0.4, 0.5) is 10.1 Å². The highest BCUT2D eigenvalue weighted by atomic mass is 19.1. The first-order valence-electron chi connectivity index (χ1n) is 11.4.